The van der Waals surface area contributed by atoms with Gasteiger partial charge in [-0.3, -0.25) is 4.79 Å². The summed E-state index contributed by atoms with van der Waals surface area (Å²) in [6, 6.07) is 21.5. The second kappa shape index (κ2) is 11.5. The summed E-state index contributed by atoms with van der Waals surface area (Å²) in [7, 11) is 1.29. The smallest absolute Gasteiger partial charge is 0.328 e. The minimum Gasteiger partial charge on any atom is -0.489 e. The first kappa shape index (κ1) is 26.1. The number of nitrogens with one attached hydrogen (secondary N) is 1. The monoisotopic (exact) mass is 543 g/mol. The number of hydrogen-bond acceptors (Lipinski definition) is 6. The van der Waals surface area contributed by atoms with Gasteiger partial charge in [0.15, 0.2) is 5.76 Å². The van der Waals surface area contributed by atoms with Crippen LogP contribution < -0.4 is 10.1 Å². The molecule has 0 spiro atoms. The van der Waals surface area contributed by atoms with Gasteiger partial charge in [0.1, 0.15) is 24.0 Å². The summed E-state index contributed by atoms with van der Waals surface area (Å²) in [6.45, 7) is 2.20. The van der Waals surface area contributed by atoms with E-state index in [9.17, 15) is 9.59 Å². The molecule has 1 N–H and O–H groups in total. The van der Waals surface area contributed by atoms with E-state index in [-0.39, 0.29) is 12.2 Å². The van der Waals surface area contributed by atoms with Crippen LogP contribution >= 0.6 is 11.6 Å². The molecule has 2 aromatic heterocycles. The third kappa shape index (κ3) is 5.99. The molecule has 39 heavy (non-hydrogen) atoms. The summed E-state index contributed by atoms with van der Waals surface area (Å²) >= 11 is 6.01. The van der Waals surface area contributed by atoms with E-state index < -0.39 is 17.9 Å². The van der Waals surface area contributed by atoms with Crippen LogP contribution in [-0.2, 0) is 22.6 Å². The van der Waals surface area contributed by atoms with E-state index in [1.165, 1.54) is 7.11 Å². The van der Waals surface area contributed by atoms with Crippen molar-refractivity contribution in [3.8, 4) is 16.9 Å². The van der Waals surface area contributed by atoms with E-state index in [0.717, 1.165) is 27.6 Å². The highest BCUT2D eigenvalue weighted by Crippen LogP contribution is 2.30. The highest BCUT2D eigenvalue weighted by Gasteiger charge is 2.26. The maximum absolute atomic E-state index is 13.2. The average molecular weight is 544 g/mol. The van der Waals surface area contributed by atoms with Crippen molar-refractivity contribution in [2.45, 2.75) is 26.0 Å². The first-order chi connectivity index (χ1) is 18.9. The second-order valence-electron chi connectivity index (χ2n) is 9.09. The van der Waals surface area contributed by atoms with E-state index in [4.69, 9.17) is 29.9 Å². The van der Waals surface area contributed by atoms with Crippen molar-refractivity contribution < 1.29 is 27.9 Å². The zero-order valence-corrected chi connectivity index (χ0v) is 22.2. The Morgan fingerprint density at radius 3 is 2.38 bits per heavy atom. The fourth-order valence-corrected chi connectivity index (χ4v) is 4.45. The van der Waals surface area contributed by atoms with Gasteiger partial charge in [-0.2, -0.15) is 0 Å². The molecule has 0 radical (unpaired) electrons. The molecule has 5 rings (SSSR count). The standard InChI is InChI=1S/C31H26ClNO6/c1-19-26-12-7-23(22-5-8-24(32)9-6-22)16-28(26)39-29(19)30(34)33-27(31(35)36-2)15-20-3-10-25(11-4-20)38-18-21-13-14-37-17-21/h3-14,16-17,27H,15,18H2,1-2H3,(H,33,34)/t27-/m0/s1. The van der Waals surface area contributed by atoms with Gasteiger partial charge in [-0.05, 0) is 60.0 Å². The molecule has 198 valence electrons. The molecule has 0 saturated carbocycles. The van der Waals surface area contributed by atoms with E-state index in [0.29, 0.717) is 28.5 Å². The van der Waals surface area contributed by atoms with Crippen LogP contribution in [0, 0.1) is 6.92 Å². The number of hydrogen-bond donors (Lipinski definition) is 1. The molecule has 0 aliphatic heterocycles. The number of rotatable bonds is 9. The van der Waals surface area contributed by atoms with Crippen molar-refractivity contribution in [2.75, 3.05) is 7.11 Å². The Balaban J connectivity index is 1.30. The lowest BCUT2D eigenvalue weighted by Crippen LogP contribution is -2.43. The molecule has 1 atom stereocenters. The normalized spacial score (nSPS) is 11.8. The molecule has 0 fully saturated rings. The maximum atomic E-state index is 13.2. The molecule has 2 heterocycles. The van der Waals surface area contributed by atoms with Crippen LogP contribution in [0.1, 0.15) is 27.2 Å². The third-order valence-electron chi connectivity index (χ3n) is 6.46. The molecule has 7 nitrogen and oxygen atoms in total. The number of amides is 1. The molecule has 0 bridgehead atoms. The fourth-order valence-electron chi connectivity index (χ4n) is 4.32. The van der Waals surface area contributed by atoms with E-state index in [1.54, 1.807) is 12.5 Å². The Morgan fingerprint density at radius 1 is 0.949 bits per heavy atom. The maximum Gasteiger partial charge on any atom is 0.328 e. The first-order valence-electron chi connectivity index (χ1n) is 12.3. The molecule has 5 aromatic rings. The van der Waals surface area contributed by atoms with Gasteiger partial charge in [-0.25, -0.2) is 4.79 Å². The number of furan rings is 2. The van der Waals surface area contributed by atoms with Gasteiger partial charge in [0.2, 0.25) is 0 Å². The fraction of sp³-hybridized carbons (Fsp3) is 0.161. The largest absolute Gasteiger partial charge is 0.489 e. The van der Waals surface area contributed by atoms with Gasteiger partial charge >= 0.3 is 5.97 Å². The summed E-state index contributed by atoms with van der Waals surface area (Å²) in [5.41, 5.74) is 4.93. The minimum atomic E-state index is -0.905. The minimum absolute atomic E-state index is 0.148. The summed E-state index contributed by atoms with van der Waals surface area (Å²) < 4.78 is 21.7. The number of aryl methyl sites for hydroxylation is 1. The molecular weight excluding hydrogens is 518 g/mol. The third-order valence-corrected chi connectivity index (χ3v) is 6.71. The summed E-state index contributed by atoms with van der Waals surface area (Å²) in [5.74, 6) is -0.223. The van der Waals surface area contributed by atoms with Gasteiger partial charge in [0.05, 0.1) is 19.6 Å². The predicted molar refractivity (Wildman–Crippen MR) is 148 cm³/mol. The van der Waals surface area contributed by atoms with Crippen molar-refractivity contribution in [3.63, 3.8) is 0 Å². The van der Waals surface area contributed by atoms with Crippen LogP contribution in [0.3, 0.4) is 0 Å². The number of carbonyl (C=O) groups is 2. The molecule has 0 saturated heterocycles. The van der Waals surface area contributed by atoms with Gasteiger partial charge in [-0.1, -0.05) is 48.0 Å². The topological polar surface area (TPSA) is 90.9 Å². The summed E-state index contributed by atoms with van der Waals surface area (Å²) in [5, 5.41) is 4.25. The van der Waals surface area contributed by atoms with Crippen molar-refractivity contribution >= 4 is 34.4 Å². The molecular formula is C31H26ClNO6. The Kier molecular flexibility index (Phi) is 7.70. The highest BCUT2D eigenvalue weighted by molar-refractivity contribution is 6.30. The zero-order valence-electron chi connectivity index (χ0n) is 21.4. The van der Waals surface area contributed by atoms with Crippen molar-refractivity contribution in [3.05, 3.63) is 113 Å². The number of fused-ring (bicyclic) bond motifs is 1. The van der Waals surface area contributed by atoms with Crippen LogP contribution in [0.2, 0.25) is 5.02 Å². The number of ether oxygens (including phenoxy) is 2. The van der Waals surface area contributed by atoms with Crippen molar-refractivity contribution in [1.29, 1.82) is 0 Å². The Morgan fingerprint density at radius 2 is 1.69 bits per heavy atom. The zero-order chi connectivity index (χ0) is 27.4. The van der Waals surface area contributed by atoms with Crippen LogP contribution in [0.25, 0.3) is 22.1 Å². The molecule has 3 aromatic carbocycles. The Labute approximate surface area is 230 Å². The molecule has 1 amide bonds. The van der Waals surface area contributed by atoms with Crippen molar-refractivity contribution in [1.82, 2.24) is 5.32 Å². The van der Waals surface area contributed by atoms with Crippen LogP contribution in [0.15, 0.2) is 94.2 Å². The number of esters is 1. The van der Waals surface area contributed by atoms with Crippen LogP contribution in [-0.4, -0.2) is 25.0 Å². The molecule has 8 heteroatoms. The van der Waals surface area contributed by atoms with Gasteiger partial charge < -0.3 is 23.6 Å². The summed E-state index contributed by atoms with van der Waals surface area (Å²) in [4.78, 5) is 25.8. The summed E-state index contributed by atoms with van der Waals surface area (Å²) in [6.07, 6.45) is 3.45. The van der Waals surface area contributed by atoms with Crippen LogP contribution in [0.4, 0.5) is 0 Å². The quantitative estimate of drug-likeness (QED) is 0.207. The SMILES string of the molecule is COC(=O)[C@H](Cc1ccc(OCc2ccoc2)cc1)NC(=O)c1oc2cc(-c3ccc(Cl)cc3)ccc2c1C. The second-order valence-corrected chi connectivity index (χ2v) is 9.53. The lowest BCUT2D eigenvalue weighted by atomic mass is 10.0. The first-order valence-corrected chi connectivity index (χ1v) is 12.7. The van der Waals surface area contributed by atoms with E-state index in [1.807, 2.05) is 79.7 Å². The van der Waals surface area contributed by atoms with E-state index >= 15 is 0 Å². The molecule has 0 aliphatic carbocycles. The Hall–Kier alpha value is -4.49. The predicted octanol–water partition coefficient (Wildman–Crippen LogP) is 6.75. The number of benzene rings is 3. The number of halogens is 1. The lowest BCUT2D eigenvalue weighted by Gasteiger charge is -2.16. The van der Waals surface area contributed by atoms with E-state index in [2.05, 4.69) is 5.32 Å². The van der Waals surface area contributed by atoms with Gasteiger partial charge in [-0.15, -0.1) is 0 Å². The van der Waals surface area contributed by atoms with Crippen LogP contribution in [0.5, 0.6) is 5.75 Å². The van der Waals surface area contributed by atoms with Crippen molar-refractivity contribution in [2.24, 2.45) is 0 Å². The Bertz CT molecular complexity index is 1590. The number of methoxy groups -OCH3 is 1. The molecule has 0 unspecified atom stereocenters. The van der Waals surface area contributed by atoms with Gasteiger partial charge in [0, 0.05) is 28.0 Å². The van der Waals surface area contributed by atoms with Gasteiger partial charge in [0.25, 0.3) is 5.91 Å². The average Bonchev–Trinajstić information content (AvgIpc) is 3.60. The highest BCUT2D eigenvalue weighted by atomic mass is 35.5. The lowest BCUT2D eigenvalue weighted by molar-refractivity contribution is -0.142. The number of carbonyl (C=O) groups excluding carboxylic acids is 2. The molecule has 0 aliphatic rings.